The van der Waals surface area contributed by atoms with Gasteiger partial charge in [-0.15, -0.1) is 0 Å². The molecule has 0 spiro atoms. The van der Waals surface area contributed by atoms with Crippen molar-refractivity contribution in [3.8, 4) is 5.75 Å². The molecule has 31 heavy (non-hydrogen) atoms. The number of benzene rings is 2. The van der Waals surface area contributed by atoms with Gasteiger partial charge in [-0.2, -0.15) is 0 Å². The van der Waals surface area contributed by atoms with Crippen LogP contribution in [0.3, 0.4) is 0 Å². The van der Waals surface area contributed by atoms with Crippen molar-refractivity contribution in [1.82, 2.24) is 0 Å². The van der Waals surface area contributed by atoms with Crippen LogP contribution in [-0.2, 0) is 9.59 Å². The molecule has 0 radical (unpaired) electrons. The fraction of sp³-hybridized carbons (Fsp3) is 0.320. The maximum absolute atomic E-state index is 13.4. The average molecular weight is 478 g/mol. The van der Waals surface area contributed by atoms with Crippen molar-refractivity contribution in [2.45, 2.75) is 6.42 Å². The van der Waals surface area contributed by atoms with Gasteiger partial charge in [0.1, 0.15) is 5.75 Å². The number of imide groups is 1. The number of Topliss-reactive ketones (excluding diaryl/α,β-unsaturated/α-hetero) is 1. The number of ketones is 1. The fourth-order valence-corrected chi connectivity index (χ4v) is 6.09. The predicted octanol–water partition coefficient (Wildman–Crippen LogP) is 4.27. The van der Waals surface area contributed by atoms with Crippen LogP contribution >= 0.6 is 15.9 Å². The highest BCUT2D eigenvalue weighted by Gasteiger charge is 2.67. The largest absolute Gasteiger partial charge is 0.483 e. The third-order valence-electron chi connectivity index (χ3n) is 7.29. The first-order valence-corrected chi connectivity index (χ1v) is 11.4. The van der Waals surface area contributed by atoms with Crippen LogP contribution in [0.5, 0.6) is 5.75 Å². The second-order valence-electron chi connectivity index (χ2n) is 8.85. The Morgan fingerprint density at radius 3 is 2.19 bits per heavy atom. The Balaban J connectivity index is 1.26. The summed E-state index contributed by atoms with van der Waals surface area (Å²) in [5, 5.41) is 0. The Morgan fingerprint density at radius 1 is 0.935 bits per heavy atom. The van der Waals surface area contributed by atoms with Gasteiger partial charge in [-0.05, 0) is 54.4 Å². The smallest absolute Gasteiger partial charge is 0.238 e. The molecule has 1 heterocycles. The van der Waals surface area contributed by atoms with Gasteiger partial charge in [0.2, 0.25) is 11.8 Å². The first-order chi connectivity index (χ1) is 15.0. The van der Waals surface area contributed by atoms with E-state index in [1.54, 1.807) is 48.5 Å². The van der Waals surface area contributed by atoms with E-state index in [1.165, 1.54) is 4.90 Å². The molecule has 2 amide bonds. The van der Waals surface area contributed by atoms with Crippen molar-refractivity contribution in [2.24, 2.45) is 35.5 Å². The van der Waals surface area contributed by atoms with E-state index in [0.29, 0.717) is 28.8 Å². The molecule has 5 aliphatic rings. The molecule has 1 aliphatic heterocycles. The highest BCUT2D eigenvalue weighted by atomic mass is 79.9. The van der Waals surface area contributed by atoms with E-state index in [1.807, 2.05) is 0 Å². The number of allylic oxidation sites excluding steroid dienone is 2. The Labute approximate surface area is 188 Å². The SMILES string of the molecule is O=C(COc1ccccc1N1C(=O)[C@@H]2[C@H]3C=C[C@@H]([C@@H]4C[C@@H]34)[C@@H]2C1=O)c1ccc(Br)cc1. The molecule has 2 bridgehead atoms. The summed E-state index contributed by atoms with van der Waals surface area (Å²) >= 11 is 3.36. The van der Waals surface area contributed by atoms with Crippen LogP contribution in [-0.4, -0.2) is 24.2 Å². The normalized spacial score (nSPS) is 32.1. The van der Waals surface area contributed by atoms with Crippen LogP contribution in [0, 0.1) is 35.5 Å². The summed E-state index contributed by atoms with van der Waals surface area (Å²) in [7, 11) is 0. The number of halogens is 1. The van der Waals surface area contributed by atoms with Gasteiger partial charge in [0.15, 0.2) is 12.4 Å². The van der Waals surface area contributed by atoms with E-state index in [4.69, 9.17) is 4.74 Å². The van der Waals surface area contributed by atoms with Crippen molar-refractivity contribution < 1.29 is 19.1 Å². The molecular weight excluding hydrogens is 458 g/mol. The Kier molecular flexibility index (Phi) is 4.22. The molecule has 3 fully saturated rings. The third-order valence-corrected chi connectivity index (χ3v) is 7.82. The molecule has 7 rings (SSSR count). The van der Waals surface area contributed by atoms with Crippen LogP contribution in [0.15, 0.2) is 65.2 Å². The summed E-state index contributed by atoms with van der Waals surface area (Å²) in [5.74, 6) is 0.890. The molecule has 6 atom stereocenters. The summed E-state index contributed by atoms with van der Waals surface area (Å²) in [5.41, 5.74) is 0.977. The summed E-state index contributed by atoms with van der Waals surface area (Å²) in [6.45, 7) is -0.168. The minimum absolute atomic E-state index is 0.130. The van der Waals surface area contributed by atoms with Crippen LogP contribution in [0.4, 0.5) is 5.69 Å². The lowest BCUT2D eigenvalue weighted by atomic mass is 9.63. The molecule has 0 unspecified atom stereocenters. The Morgan fingerprint density at radius 2 is 1.55 bits per heavy atom. The quantitative estimate of drug-likeness (QED) is 0.366. The number of amides is 2. The van der Waals surface area contributed by atoms with Gasteiger partial charge in [-0.1, -0.05) is 52.3 Å². The number of nitrogens with zero attached hydrogens (tertiary/aromatic N) is 1. The molecule has 0 aromatic heterocycles. The average Bonchev–Trinajstić information content (AvgIpc) is 3.56. The lowest BCUT2D eigenvalue weighted by Gasteiger charge is -2.37. The highest BCUT2D eigenvalue weighted by Crippen LogP contribution is 2.65. The van der Waals surface area contributed by atoms with Gasteiger partial charge in [0.25, 0.3) is 0 Å². The minimum Gasteiger partial charge on any atom is -0.483 e. The van der Waals surface area contributed by atoms with Crippen LogP contribution in [0.1, 0.15) is 16.8 Å². The topological polar surface area (TPSA) is 63.7 Å². The first kappa shape index (κ1) is 19.0. The molecule has 6 heteroatoms. The molecule has 2 aromatic carbocycles. The van der Waals surface area contributed by atoms with Gasteiger partial charge in [-0.3, -0.25) is 14.4 Å². The first-order valence-electron chi connectivity index (χ1n) is 10.6. The molecule has 156 valence electrons. The minimum atomic E-state index is -0.260. The Hall–Kier alpha value is -2.73. The second-order valence-corrected chi connectivity index (χ2v) is 9.77. The number of anilines is 1. The molecular formula is C25H20BrNO4. The van der Waals surface area contributed by atoms with E-state index < -0.39 is 0 Å². The van der Waals surface area contributed by atoms with Crippen LogP contribution in [0.25, 0.3) is 0 Å². The maximum Gasteiger partial charge on any atom is 0.238 e. The van der Waals surface area contributed by atoms with Crippen LogP contribution in [0.2, 0.25) is 0 Å². The van der Waals surface area contributed by atoms with Crippen LogP contribution < -0.4 is 9.64 Å². The molecule has 5 nitrogen and oxygen atoms in total. The van der Waals surface area contributed by atoms with E-state index in [2.05, 4.69) is 28.1 Å². The molecule has 4 aliphatic carbocycles. The van der Waals surface area contributed by atoms with Crippen molar-refractivity contribution in [2.75, 3.05) is 11.5 Å². The zero-order chi connectivity index (χ0) is 21.3. The number of rotatable bonds is 5. The van der Waals surface area contributed by atoms with E-state index >= 15 is 0 Å². The molecule has 2 aromatic rings. The maximum atomic E-state index is 13.4. The number of ether oxygens (including phenoxy) is 1. The molecule has 1 saturated heterocycles. The third kappa shape index (κ3) is 2.84. The van der Waals surface area contributed by atoms with Gasteiger partial charge in [-0.25, -0.2) is 4.90 Å². The van der Waals surface area contributed by atoms with Gasteiger partial charge in [0, 0.05) is 10.0 Å². The summed E-state index contributed by atoms with van der Waals surface area (Å²) in [4.78, 5) is 40.6. The van der Waals surface area contributed by atoms with Gasteiger partial charge >= 0.3 is 0 Å². The second kappa shape index (κ2) is 6.89. The lowest BCUT2D eigenvalue weighted by molar-refractivity contribution is -0.124. The standard InChI is InChI=1S/C25H20BrNO4/c26-14-7-5-13(6-8-14)20(28)12-31-21-4-2-1-3-19(21)27-24(29)22-15-9-10-16(18-11-17(15)18)23(22)25(27)30/h1-10,15-18,22-23H,11-12H2/t15-,16-,17-,18-,22-,23+/m0/s1. The predicted molar refractivity (Wildman–Crippen MR) is 118 cm³/mol. The lowest BCUT2D eigenvalue weighted by Crippen LogP contribution is -2.40. The van der Waals surface area contributed by atoms with Gasteiger partial charge < -0.3 is 4.74 Å². The fourth-order valence-electron chi connectivity index (χ4n) is 5.82. The molecule has 2 saturated carbocycles. The van der Waals surface area contributed by atoms with Crippen molar-refractivity contribution in [1.29, 1.82) is 0 Å². The molecule has 0 N–H and O–H groups in total. The Bertz CT molecular complexity index is 1100. The van der Waals surface area contributed by atoms with Crippen molar-refractivity contribution in [3.05, 3.63) is 70.7 Å². The van der Waals surface area contributed by atoms with Gasteiger partial charge in [0.05, 0.1) is 17.5 Å². The zero-order valence-electron chi connectivity index (χ0n) is 16.6. The summed E-state index contributed by atoms with van der Waals surface area (Å²) < 4.78 is 6.71. The summed E-state index contributed by atoms with van der Waals surface area (Å²) in [6.07, 6.45) is 5.45. The zero-order valence-corrected chi connectivity index (χ0v) is 18.2. The number of hydrogen-bond donors (Lipinski definition) is 0. The number of hydrogen-bond acceptors (Lipinski definition) is 4. The summed E-state index contributed by atoms with van der Waals surface area (Å²) in [6, 6.07) is 14.1. The monoisotopic (exact) mass is 477 g/mol. The van der Waals surface area contributed by atoms with Crippen molar-refractivity contribution in [3.63, 3.8) is 0 Å². The van der Waals surface area contributed by atoms with E-state index in [9.17, 15) is 14.4 Å². The number of carbonyl (C=O) groups excluding carboxylic acids is 3. The van der Waals surface area contributed by atoms with E-state index in [0.717, 1.165) is 10.9 Å². The van der Waals surface area contributed by atoms with E-state index in [-0.39, 0.29) is 47.9 Å². The highest BCUT2D eigenvalue weighted by molar-refractivity contribution is 9.10. The van der Waals surface area contributed by atoms with Crippen molar-refractivity contribution >= 4 is 39.2 Å². The number of para-hydroxylation sites is 2. The number of carbonyl (C=O) groups is 3.